The Bertz CT molecular complexity index is 945. The van der Waals surface area contributed by atoms with Gasteiger partial charge in [0.2, 0.25) is 0 Å². The van der Waals surface area contributed by atoms with Crippen molar-refractivity contribution in [2.75, 3.05) is 26.4 Å². The number of carbonyl (C=O) groups excluding carboxylic acids is 4. The zero-order valence-corrected chi connectivity index (χ0v) is 17.4. The summed E-state index contributed by atoms with van der Waals surface area (Å²) in [6, 6.07) is 13.8. The maximum Gasteiger partial charge on any atom is 0.508 e. The zero-order valence-electron chi connectivity index (χ0n) is 17.4. The molecule has 0 saturated carbocycles. The minimum Gasteiger partial charge on any atom is -0.458 e. The zero-order chi connectivity index (χ0) is 23.2. The predicted octanol–water partition coefficient (Wildman–Crippen LogP) is 2.66. The lowest BCUT2D eigenvalue weighted by Crippen LogP contribution is -2.20. The maximum absolute atomic E-state index is 12.1. The predicted molar refractivity (Wildman–Crippen MR) is 109 cm³/mol. The molecule has 0 N–H and O–H groups in total. The molecule has 2 unspecified atom stereocenters. The molecule has 2 heterocycles. The molecule has 10 nitrogen and oxygen atoms in total. The molecule has 0 aliphatic carbocycles. The van der Waals surface area contributed by atoms with E-state index < -0.39 is 36.5 Å². The van der Waals surface area contributed by atoms with Gasteiger partial charge in [-0.2, -0.15) is 0 Å². The second-order valence-corrected chi connectivity index (χ2v) is 7.37. The molecule has 2 fully saturated rings. The highest BCUT2D eigenvalue weighted by atomic mass is 16.8. The van der Waals surface area contributed by atoms with Crippen LogP contribution in [0.1, 0.15) is 31.8 Å². The topological polar surface area (TPSA) is 124 Å². The highest BCUT2D eigenvalue weighted by molar-refractivity contribution is 5.90. The average Bonchev–Trinajstić information content (AvgIpc) is 3.44. The molecule has 0 aromatic heterocycles. The van der Waals surface area contributed by atoms with Gasteiger partial charge in [0.15, 0.2) is 12.2 Å². The molecule has 4 rings (SSSR count). The van der Waals surface area contributed by atoms with Gasteiger partial charge in [-0.15, -0.1) is 0 Å². The van der Waals surface area contributed by atoms with E-state index in [9.17, 15) is 19.2 Å². The Labute approximate surface area is 188 Å². The molecular weight excluding hydrogens is 436 g/mol. The number of ether oxygens (including phenoxy) is 6. The van der Waals surface area contributed by atoms with Gasteiger partial charge in [0, 0.05) is 0 Å². The van der Waals surface area contributed by atoms with E-state index in [1.807, 2.05) is 24.3 Å². The van der Waals surface area contributed by atoms with Gasteiger partial charge in [-0.05, 0) is 41.8 Å². The Balaban J connectivity index is 1.24. The Hall–Kier alpha value is -4.08. The van der Waals surface area contributed by atoms with E-state index in [1.54, 1.807) is 24.3 Å². The van der Waals surface area contributed by atoms with Crippen molar-refractivity contribution in [3.8, 4) is 0 Å². The lowest BCUT2D eigenvalue weighted by Gasteiger charge is -2.09. The van der Waals surface area contributed by atoms with E-state index in [-0.39, 0.29) is 26.4 Å². The summed E-state index contributed by atoms with van der Waals surface area (Å²) in [5.41, 5.74) is 2.67. The fourth-order valence-electron chi connectivity index (χ4n) is 3.15. The first-order chi connectivity index (χ1) is 16.0. The first-order valence-electron chi connectivity index (χ1n) is 10.2. The van der Waals surface area contributed by atoms with Crippen molar-refractivity contribution in [2.24, 2.45) is 0 Å². The van der Waals surface area contributed by atoms with Crippen LogP contribution in [0.3, 0.4) is 0 Å². The summed E-state index contributed by atoms with van der Waals surface area (Å²) in [6.07, 6.45) is -2.12. The molecule has 2 aromatic carbocycles. The van der Waals surface area contributed by atoms with Gasteiger partial charge < -0.3 is 28.4 Å². The van der Waals surface area contributed by atoms with Crippen molar-refractivity contribution < 1.29 is 47.6 Å². The fraction of sp³-hybridized carbons (Fsp3) is 0.304. The molecule has 2 atom stereocenters. The first-order valence-corrected chi connectivity index (χ1v) is 10.2. The van der Waals surface area contributed by atoms with Crippen molar-refractivity contribution in [1.82, 2.24) is 0 Å². The maximum atomic E-state index is 12.1. The van der Waals surface area contributed by atoms with Crippen molar-refractivity contribution in [2.45, 2.75) is 18.6 Å². The van der Waals surface area contributed by atoms with Crippen LogP contribution in [0.4, 0.5) is 9.59 Å². The Morgan fingerprint density at radius 3 is 1.42 bits per heavy atom. The van der Waals surface area contributed by atoms with Crippen LogP contribution in [0.15, 0.2) is 48.5 Å². The molecule has 2 aromatic rings. The molecular formula is C23H20O10. The Morgan fingerprint density at radius 2 is 1.09 bits per heavy atom. The van der Waals surface area contributed by atoms with E-state index in [1.165, 1.54) is 0 Å². The molecule has 0 bridgehead atoms. The molecule has 0 radical (unpaired) electrons. The minimum absolute atomic E-state index is 0.0620. The highest BCUT2D eigenvalue weighted by Crippen LogP contribution is 2.15. The van der Waals surface area contributed by atoms with Crippen molar-refractivity contribution in [3.05, 3.63) is 70.8 Å². The molecule has 0 amide bonds. The van der Waals surface area contributed by atoms with E-state index in [4.69, 9.17) is 18.9 Å². The molecule has 10 heteroatoms. The number of hydrogen-bond acceptors (Lipinski definition) is 10. The second-order valence-electron chi connectivity index (χ2n) is 7.37. The van der Waals surface area contributed by atoms with E-state index in [0.717, 1.165) is 11.1 Å². The van der Waals surface area contributed by atoms with E-state index in [0.29, 0.717) is 17.5 Å². The Kier molecular flexibility index (Phi) is 6.72. The molecule has 172 valence electrons. The number of esters is 2. The SMILES string of the molecule is O=C1OCC(COC(=O)c2ccc(Cc3ccc(C(=O)OCC4COC(=O)O4)cc3)cc2)O1. The summed E-state index contributed by atoms with van der Waals surface area (Å²) < 4.78 is 29.2. The number of hydrogen-bond donors (Lipinski definition) is 0. The van der Waals surface area contributed by atoms with Crippen LogP contribution in [-0.4, -0.2) is 62.9 Å². The van der Waals surface area contributed by atoms with Crippen LogP contribution in [0.25, 0.3) is 0 Å². The largest absolute Gasteiger partial charge is 0.508 e. The van der Waals surface area contributed by atoms with Gasteiger partial charge in [-0.3, -0.25) is 0 Å². The summed E-state index contributed by atoms with van der Waals surface area (Å²) in [7, 11) is 0. The van der Waals surface area contributed by atoms with E-state index in [2.05, 4.69) is 9.47 Å². The normalized spacial score (nSPS) is 19.2. The third kappa shape index (κ3) is 6.00. The van der Waals surface area contributed by atoms with Crippen LogP contribution in [-0.2, 0) is 34.8 Å². The molecule has 2 aliphatic heterocycles. The molecule has 2 aliphatic rings. The lowest BCUT2D eigenvalue weighted by atomic mass is 10.0. The quantitative estimate of drug-likeness (QED) is 0.432. The number of benzene rings is 2. The number of cyclic esters (lactones) is 4. The summed E-state index contributed by atoms with van der Waals surface area (Å²) >= 11 is 0. The van der Waals surface area contributed by atoms with Gasteiger partial charge in [0.05, 0.1) is 11.1 Å². The van der Waals surface area contributed by atoms with Gasteiger partial charge in [-0.1, -0.05) is 24.3 Å². The van der Waals surface area contributed by atoms with Crippen LogP contribution < -0.4 is 0 Å². The second kappa shape index (κ2) is 10.0. The number of rotatable bonds is 8. The minimum atomic E-state index is -0.767. The van der Waals surface area contributed by atoms with Gasteiger partial charge in [-0.25, -0.2) is 19.2 Å². The molecule has 33 heavy (non-hydrogen) atoms. The van der Waals surface area contributed by atoms with E-state index >= 15 is 0 Å². The van der Waals surface area contributed by atoms with Crippen LogP contribution in [0, 0.1) is 0 Å². The van der Waals surface area contributed by atoms with Crippen molar-refractivity contribution >= 4 is 24.2 Å². The first kappa shape index (κ1) is 22.1. The summed E-state index contributed by atoms with van der Waals surface area (Å²) in [6.45, 7) is -0.0136. The van der Waals surface area contributed by atoms with Gasteiger partial charge in [0.1, 0.15) is 26.4 Å². The molecule has 2 saturated heterocycles. The summed E-state index contributed by atoms with van der Waals surface area (Å²) in [5.74, 6) is -1.04. The smallest absolute Gasteiger partial charge is 0.458 e. The lowest BCUT2D eigenvalue weighted by molar-refractivity contribution is 0.0297. The third-order valence-electron chi connectivity index (χ3n) is 4.89. The van der Waals surface area contributed by atoms with Crippen molar-refractivity contribution in [1.29, 1.82) is 0 Å². The monoisotopic (exact) mass is 456 g/mol. The highest BCUT2D eigenvalue weighted by Gasteiger charge is 2.27. The Morgan fingerprint density at radius 1 is 0.697 bits per heavy atom. The molecule has 0 spiro atoms. The van der Waals surface area contributed by atoms with Gasteiger partial charge in [0.25, 0.3) is 0 Å². The average molecular weight is 456 g/mol. The van der Waals surface area contributed by atoms with Crippen LogP contribution in [0.2, 0.25) is 0 Å². The summed E-state index contributed by atoms with van der Waals surface area (Å²) in [5, 5.41) is 0. The number of carbonyl (C=O) groups is 4. The standard InChI is InChI=1S/C23H20O10/c24-20(28-10-18-12-30-22(26)32-18)16-5-1-14(2-6-16)9-15-3-7-17(8-4-15)21(25)29-11-19-13-31-23(27)33-19/h1-8,18-19H,9-13H2. The van der Waals surface area contributed by atoms with Crippen LogP contribution >= 0.6 is 0 Å². The summed E-state index contributed by atoms with van der Waals surface area (Å²) in [4.78, 5) is 46.0. The van der Waals surface area contributed by atoms with Gasteiger partial charge >= 0.3 is 24.2 Å². The van der Waals surface area contributed by atoms with Crippen molar-refractivity contribution in [3.63, 3.8) is 0 Å². The third-order valence-corrected chi connectivity index (χ3v) is 4.89. The fourth-order valence-corrected chi connectivity index (χ4v) is 3.15. The van der Waals surface area contributed by atoms with Crippen LogP contribution in [0.5, 0.6) is 0 Å².